The lowest BCUT2D eigenvalue weighted by Crippen LogP contribution is -2.33. The van der Waals surface area contributed by atoms with Gasteiger partial charge in [0.25, 0.3) is 0 Å². The normalized spacial score (nSPS) is 16.5. The number of piperidine rings is 1. The number of hydrogen-bond acceptors (Lipinski definition) is 3. The second-order valence-electron chi connectivity index (χ2n) is 4.71. The van der Waals surface area contributed by atoms with Crippen LogP contribution in [0, 0.1) is 0 Å². The molecule has 0 bridgehead atoms. The molecular formula is C14H17BrClNO2. The van der Waals surface area contributed by atoms with Crippen LogP contribution in [0.15, 0.2) is 22.7 Å². The number of hydrogen-bond donors (Lipinski definition) is 1. The number of halogens is 2. The molecule has 1 aromatic rings. The van der Waals surface area contributed by atoms with E-state index in [0.717, 1.165) is 36.0 Å². The first-order valence-corrected chi connectivity index (χ1v) is 7.60. The predicted octanol–water partition coefficient (Wildman–Crippen LogP) is 2.98. The van der Waals surface area contributed by atoms with E-state index < -0.39 is 0 Å². The molecule has 0 spiro atoms. The number of nitrogens with one attached hydrogen (secondary N) is 1. The van der Waals surface area contributed by atoms with Crippen LogP contribution in [-0.4, -0.2) is 31.6 Å². The van der Waals surface area contributed by atoms with Crippen molar-refractivity contribution in [3.8, 4) is 0 Å². The molecule has 1 saturated heterocycles. The molecule has 0 saturated carbocycles. The van der Waals surface area contributed by atoms with Gasteiger partial charge in [-0.3, -0.25) is 4.79 Å². The second kappa shape index (κ2) is 7.39. The average molecular weight is 347 g/mol. The van der Waals surface area contributed by atoms with E-state index in [1.807, 2.05) is 12.1 Å². The minimum absolute atomic E-state index is 0.0720. The summed E-state index contributed by atoms with van der Waals surface area (Å²) in [6.45, 7) is 2.12. The van der Waals surface area contributed by atoms with Crippen molar-refractivity contribution < 1.29 is 9.53 Å². The van der Waals surface area contributed by atoms with Crippen molar-refractivity contribution in [3.63, 3.8) is 0 Å². The number of rotatable bonds is 5. The van der Waals surface area contributed by atoms with Gasteiger partial charge < -0.3 is 10.1 Å². The van der Waals surface area contributed by atoms with Crippen LogP contribution in [0.3, 0.4) is 0 Å². The third kappa shape index (κ3) is 4.88. The standard InChI is InChI=1S/C14H17BrClNO2/c15-11-2-1-10(14(16)8-11)7-12(18)9-19-13-3-5-17-6-4-13/h1-2,8,13,17H,3-7,9H2. The molecule has 0 aliphatic carbocycles. The third-order valence-electron chi connectivity index (χ3n) is 3.17. The van der Waals surface area contributed by atoms with Gasteiger partial charge in [0.1, 0.15) is 6.61 Å². The zero-order chi connectivity index (χ0) is 13.7. The number of Topliss-reactive ketones (excluding diaryl/α,β-unsaturated/α-hetero) is 1. The first-order chi connectivity index (χ1) is 9.15. The van der Waals surface area contributed by atoms with E-state index in [1.165, 1.54) is 0 Å². The Hall–Kier alpha value is -0.420. The zero-order valence-corrected chi connectivity index (χ0v) is 13.0. The van der Waals surface area contributed by atoms with Crippen LogP contribution < -0.4 is 5.32 Å². The van der Waals surface area contributed by atoms with Crippen LogP contribution in [0.1, 0.15) is 18.4 Å². The Morgan fingerprint density at radius 3 is 2.84 bits per heavy atom. The fourth-order valence-corrected chi connectivity index (χ4v) is 2.84. The van der Waals surface area contributed by atoms with Gasteiger partial charge in [-0.2, -0.15) is 0 Å². The molecule has 1 fully saturated rings. The SMILES string of the molecule is O=C(COC1CCNCC1)Cc1ccc(Br)cc1Cl. The van der Waals surface area contributed by atoms with Gasteiger partial charge in [-0.05, 0) is 43.6 Å². The molecule has 0 aromatic heterocycles. The fourth-order valence-electron chi connectivity index (χ4n) is 2.10. The van der Waals surface area contributed by atoms with Crippen LogP contribution in [0.2, 0.25) is 5.02 Å². The summed E-state index contributed by atoms with van der Waals surface area (Å²) in [5, 5.41) is 3.88. The molecule has 1 N–H and O–H groups in total. The van der Waals surface area contributed by atoms with Crippen LogP contribution >= 0.6 is 27.5 Å². The second-order valence-corrected chi connectivity index (χ2v) is 6.03. The van der Waals surface area contributed by atoms with E-state index in [0.29, 0.717) is 11.4 Å². The molecule has 1 heterocycles. The Balaban J connectivity index is 1.80. The summed E-state index contributed by atoms with van der Waals surface area (Å²) in [7, 11) is 0. The Morgan fingerprint density at radius 2 is 2.16 bits per heavy atom. The van der Waals surface area contributed by atoms with Gasteiger partial charge in [-0.25, -0.2) is 0 Å². The van der Waals surface area contributed by atoms with Gasteiger partial charge in [-0.15, -0.1) is 0 Å². The van der Waals surface area contributed by atoms with Crippen molar-refractivity contribution in [1.82, 2.24) is 5.32 Å². The molecule has 0 atom stereocenters. The maximum absolute atomic E-state index is 11.9. The van der Waals surface area contributed by atoms with Gasteiger partial charge in [0.15, 0.2) is 5.78 Å². The van der Waals surface area contributed by atoms with Gasteiger partial charge in [-0.1, -0.05) is 33.6 Å². The van der Waals surface area contributed by atoms with Crippen molar-refractivity contribution in [2.24, 2.45) is 0 Å². The Bertz CT molecular complexity index is 447. The minimum atomic E-state index is 0.0720. The Morgan fingerprint density at radius 1 is 1.42 bits per heavy atom. The highest BCUT2D eigenvalue weighted by Gasteiger charge is 2.15. The summed E-state index contributed by atoms with van der Waals surface area (Å²) in [4.78, 5) is 11.9. The van der Waals surface area contributed by atoms with E-state index in [4.69, 9.17) is 16.3 Å². The molecule has 1 aromatic carbocycles. The first-order valence-electron chi connectivity index (χ1n) is 6.43. The van der Waals surface area contributed by atoms with Crippen LogP contribution in [0.5, 0.6) is 0 Å². The number of carbonyl (C=O) groups excluding carboxylic acids is 1. The topological polar surface area (TPSA) is 38.3 Å². The van der Waals surface area contributed by atoms with Gasteiger partial charge in [0.05, 0.1) is 6.10 Å². The number of benzene rings is 1. The largest absolute Gasteiger partial charge is 0.370 e. The predicted molar refractivity (Wildman–Crippen MR) is 79.7 cm³/mol. The van der Waals surface area contributed by atoms with Crippen LogP contribution in [0.25, 0.3) is 0 Å². The van der Waals surface area contributed by atoms with E-state index in [-0.39, 0.29) is 18.5 Å². The van der Waals surface area contributed by atoms with Crippen molar-refractivity contribution in [3.05, 3.63) is 33.3 Å². The lowest BCUT2D eigenvalue weighted by molar-refractivity contribution is -0.125. The molecule has 3 nitrogen and oxygen atoms in total. The van der Waals surface area contributed by atoms with Crippen LogP contribution in [-0.2, 0) is 16.0 Å². The molecule has 5 heteroatoms. The highest BCUT2D eigenvalue weighted by atomic mass is 79.9. The maximum atomic E-state index is 11.9. The van der Waals surface area contributed by atoms with E-state index in [2.05, 4.69) is 21.2 Å². The lowest BCUT2D eigenvalue weighted by atomic mass is 10.1. The van der Waals surface area contributed by atoms with E-state index in [1.54, 1.807) is 6.07 Å². The molecule has 0 unspecified atom stereocenters. The quantitative estimate of drug-likeness (QED) is 0.891. The van der Waals surface area contributed by atoms with Gasteiger partial charge in [0.2, 0.25) is 0 Å². The smallest absolute Gasteiger partial charge is 0.162 e. The molecule has 104 valence electrons. The van der Waals surface area contributed by atoms with E-state index in [9.17, 15) is 4.79 Å². The van der Waals surface area contributed by atoms with Gasteiger partial charge in [0, 0.05) is 15.9 Å². The molecule has 1 aliphatic heterocycles. The zero-order valence-electron chi connectivity index (χ0n) is 10.6. The summed E-state index contributed by atoms with van der Waals surface area (Å²) in [5.41, 5.74) is 0.851. The monoisotopic (exact) mass is 345 g/mol. The first kappa shape index (κ1) is 15.0. The van der Waals surface area contributed by atoms with Gasteiger partial charge >= 0.3 is 0 Å². The highest BCUT2D eigenvalue weighted by Crippen LogP contribution is 2.22. The number of ketones is 1. The molecular weight excluding hydrogens is 330 g/mol. The molecule has 0 radical (unpaired) electrons. The molecule has 2 rings (SSSR count). The Labute approximate surface area is 126 Å². The summed E-state index contributed by atoms with van der Waals surface area (Å²) in [6.07, 6.45) is 2.50. The van der Waals surface area contributed by atoms with E-state index >= 15 is 0 Å². The van der Waals surface area contributed by atoms with Crippen molar-refractivity contribution >= 4 is 33.3 Å². The molecule has 19 heavy (non-hydrogen) atoms. The third-order valence-corrected chi connectivity index (χ3v) is 4.01. The highest BCUT2D eigenvalue weighted by molar-refractivity contribution is 9.10. The number of ether oxygens (including phenoxy) is 1. The van der Waals surface area contributed by atoms with Crippen molar-refractivity contribution in [2.75, 3.05) is 19.7 Å². The molecule has 0 amide bonds. The summed E-state index contributed by atoms with van der Waals surface area (Å²) in [5.74, 6) is 0.0720. The van der Waals surface area contributed by atoms with Crippen molar-refractivity contribution in [2.45, 2.75) is 25.4 Å². The molecule has 1 aliphatic rings. The summed E-state index contributed by atoms with van der Waals surface area (Å²) >= 11 is 9.44. The minimum Gasteiger partial charge on any atom is -0.370 e. The summed E-state index contributed by atoms with van der Waals surface area (Å²) < 4.78 is 6.55. The fraction of sp³-hybridized carbons (Fsp3) is 0.500. The van der Waals surface area contributed by atoms with Crippen LogP contribution in [0.4, 0.5) is 0 Å². The average Bonchev–Trinajstić information content (AvgIpc) is 2.41. The summed E-state index contributed by atoms with van der Waals surface area (Å²) in [6, 6.07) is 5.56. The number of carbonyl (C=O) groups is 1. The Kier molecular flexibility index (Phi) is 5.82. The lowest BCUT2D eigenvalue weighted by Gasteiger charge is -2.22. The van der Waals surface area contributed by atoms with Crippen molar-refractivity contribution in [1.29, 1.82) is 0 Å². The maximum Gasteiger partial charge on any atom is 0.162 e.